The maximum absolute atomic E-state index is 9.20. The Morgan fingerprint density at radius 3 is 2.35 bits per heavy atom. The molecule has 0 amide bonds. The summed E-state index contributed by atoms with van der Waals surface area (Å²) < 4.78 is 0. The van der Waals surface area contributed by atoms with Gasteiger partial charge in [0.25, 0.3) is 0 Å². The van der Waals surface area contributed by atoms with Crippen molar-refractivity contribution in [3.63, 3.8) is 0 Å². The predicted octanol–water partition coefficient (Wildman–Crippen LogP) is 2.99. The third-order valence-electron chi connectivity index (χ3n) is 3.38. The van der Waals surface area contributed by atoms with Gasteiger partial charge in [-0.25, -0.2) is 0 Å². The van der Waals surface area contributed by atoms with Crippen LogP contribution in [0.2, 0.25) is 0 Å². The van der Waals surface area contributed by atoms with E-state index in [1.165, 1.54) is 19.3 Å². The molecule has 17 heavy (non-hydrogen) atoms. The van der Waals surface area contributed by atoms with Crippen molar-refractivity contribution in [3.8, 4) is 5.75 Å². The van der Waals surface area contributed by atoms with Gasteiger partial charge < -0.3 is 5.11 Å². The summed E-state index contributed by atoms with van der Waals surface area (Å²) in [6.45, 7) is 4.45. The number of hydrogen-bond acceptors (Lipinski definition) is 3. The summed E-state index contributed by atoms with van der Waals surface area (Å²) in [6, 6.07) is 8.16. The molecule has 1 N–H and O–H groups in total. The van der Waals surface area contributed by atoms with Crippen LogP contribution in [0.25, 0.3) is 0 Å². The van der Waals surface area contributed by atoms with E-state index in [9.17, 15) is 5.11 Å². The Kier molecular flexibility index (Phi) is 3.67. The Balaban J connectivity index is 2.06. The largest absolute Gasteiger partial charge is 0.508 e. The van der Waals surface area contributed by atoms with E-state index in [4.69, 9.17) is 0 Å². The predicted molar refractivity (Wildman–Crippen MR) is 70.3 cm³/mol. The van der Waals surface area contributed by atoms with Gasteiger partial charge in [0.2, 0.25) is 0 Å². The summed E-state index contributed by atoms with van der Waals surface area (Å²) in [5.74, 6) is 0.293. The summed E-state index contributed by atoms with van der Waals surface area (Å²) in [5, 5.41) is 16.0. The normalized spacial score (nSPS) is 25.4. The molecule has 2 unspecified atom stereocenters. The first-order valence-corrected chi connectivity index (χ1v) is 6.28. The molecule has 1 fully saturated rings. The van der Waals surface area contributed by atoms with E-state index in [2.05, 4.69) is 24.0 Å². The molecular weight excluding hydrogens is 212 g/mol. The minimum absolute atomic E-state index is 0.293. The van der Waals surface area contributed by atoms with Gasteiger partial charge in [0.05, 0.1) is 6.21 Å². The molecule has 1 aliphatic rings. The molecular formula is C14H20N2O. The molecule has 1 aliphatic heterocycles. The topological polar surface area (TPSA) is 35.8 Å². The van der Waals surface area contributed by atoms with E-state index in [0.29, 0.717) is 17.8 Å². The van der Waals surface area contributed by atoms with Crippen molar-refractivity contribution >= 4 is 6.21 Å². The molecule has 92 valence electrons. The van der Waals surface area contributed by atoms with E-state index >= 15 is 0 Å². The Bertz CT molecular complexity index is 376. The number of nitrogens with zero attached hydrogens (tertiary/aromatic N) is 2. The van der Waals surface area contributed by atoms with Crippen LogP contribution >= 0.6 is 0 Å². The number of phenolic OH excluding ortho intramolecular Hbond substituents is 1. The molecule has 3 heteroatoms. The van der Waals surface area contributed by atoms with Gasteiger partial charge in [0.15, 0.2) is 0 Å². The van der Waals surface area contributed by atoms with E-state index in [-0.39, 0.29) is 0 Å². The SMILES string of the molecule is CC1CCCC(C)N1N=Cc1ccc(O)cc1. The van der Waals surface area contributed by atoms with Gasteiger partial charge >= 0.3 is 0 Å². The number of hydrogen-bond donors (Lipinski definition) is 1. The maximum atomic E-state index is 9.20. The molecule has 0 aromatic heterocycles. The van der Waals surface area contributed by atoms with Crippen LogP contribution < -0.4 is 0 Å². The fraction of sp³-hybridized carbons (Fsp3) is 0.500. The van der Waals surface area contributed by atoms with Crippen molar-refractivity contribution in [2.75, 3.05) is 0 Å². The van der Waals surface area contributed by atoms with Gasteiger partial charge in [-0.3, -0.25) is 5.01 Å². The smallest absolute Gasteiger partial charge is 0.115 e. The number of piperidine rings is 1. The Morgan fingerprint density at radius 2 is 1.76 bits per heavy atom. The molecule has 1 saturated heterocycles. The van der Waals surface area contributed by atoms with Gasteiger partial charge in [-0.2, -0.15) is 5.10 Å². The second-order valence-corrected chi connectivity index (χ2v) is 4.85. The average Bonchev–Trinajstić information content (AvgIpc) is 2.31. The summed E-state index contributed by atoms with van der Waals surface area (Å²) in [7, 11) is 0. The zero-order valence-corrected chi connectivity index (χ0v) is 10.5. The monoisotopic (exact) mass is 232 g/mol. The van der Waals surface area contributed by atoms with E-state index in [1.54, 1.807) is 12.1 Å². The molecule has 2 atom stereocenters. The Labute approximate surface area is 103 Å². The third-order valence-corrected chi connectivity index (χ3v) is 3.38. The molecule has 0 radical (unpaired) electrons. The third kappa shape index (κ3) is 2.99. The molecule has 1 aromatic carbocycles. The van der Waals surface area contributed by atoms with Crippen LogP contribution in [0.15, 0.2) is 29.4 Å². The van der Waals surface area contributed by atoms with Gasteiger partial charge in [-0.15, -0.1) is 0 Å². The zero-order valence-electron chi connectivity index (χ0n) is 10.5. The molecule has 0 aliphatic carbocycles. The fourth-order valence-corrected chi connectivity index (χ4v) is 2.33. The Morgan fingerprint density at radius 1 is 1.18 bits per heavy atom. The van der Waals surface area contributed by atoms with Gasteiger partial charge in [-0.1, -0.05) is 0 Å². The van der Waals surface area contributed by atoms with Crippen molar-refractivity contribution in [2.45, 2.75) is 45.2 Å². The van der Waals surface area contributed by atoms with Crippen molar-refractivity contribution in [3.05, 3.63) is 29.8 Å². The lowest BCUT2D eigenvalue weighted by Gasteiger charge is -2.36. The average molecular weight is 232 g/mol. The number of aromatic hydroxyl groups is 1. The highest BCUT2D eigenvalue weighted by Crippen LogP contribution is 2.22. The fourth-order valence-electron chi connectivity index (χ4n) is 2.33. The van der Waals surface area contributed by atoms with Crippen molar-refractivity contribution in [1.29, 1.82) is 0 Å². The lowest BCUT2D eigenvalue weighted by Crippen LogP contribution is -2.39. The summed E-state index contributed by atoms with van der Waals surface area (Å²) >= 11 is 0. The van der Waals surface area contributed by atoms with Crippen LogP contribution in [0, 0.1) is 0 Å². The van der Waals surface area contributed by atoms with Crippen LogP contribution in [-0.4, -0.2) is 28.4 Å². The van der Waals surface area contributed by atoms with Crippen LogP contribution in [0.3, 0.4) is 0 Å². The molecule has 0 spiro atoms. The number of hydrazone groups is 1. The highest BCUT2D eigenvalue weighted by Gasteiger charge is 2.22. The molecule has 2 rings (SSSR count). The highest BCUT2D eigenvalue weighted by molar-refractivity contribution is 5.79. The quantitative estimate of drug-likeness (QED) is 0.796. The number of phenols is 1. The number of rotatable bonds is 2. The summed E-state index contributed by atoms with van der Waals surface area (Å²) in [5.41, 5.74) is 1.02. The molecule has 0 saturated carbocycles. The van der Waals surface area contributed by atoms with Gasteiger partial charge in [0.1, 0.15) is 5.75 Å². The Hall–Kier alpha value is -1.51. The molecule has 1 aromatic rings. The van der Waals surface area contributed by atoms with Crippen LogP contribution in [0.4, 0.5) is 0 Å². The van der Waals surface area contributed by atoms with Gasteiger partial charge in [-0.05, 0) is 62.9 Å². The molecule has 1 heterocycles. The van der Waals surface area contributed by atoms with Crippen molar-refractivity contribution < 1.29 is 5.11 Å². The lowest BCUT2D eigenvalue weighted by atomic mass is 10.00. The van der Waals surface area contributed by atoms with Crippen LogP contribution in [0.5, 0.6) is 5.75 Å². The van der Waals surface area contributed by atoms with Crippen LogP contribution in [-0.2, 0) is 0 Å². The minimum Gasteiger partial charge on any atom is -0.508 e. The van der Waals surface area contributed by atoms with E-state index in [1.807, 2.05) is 18.3 Å². The first-order chi connectivity index (χ1) is 8.16. The maximum Gasteiger partial charge on any atom is 0.115 e. The van der Waals surface area contributed by atoms with E-state index < -0.39 is 0 Å². The summed E-state index contributed by atoms with van der Waals surface area (Å²) in [4.78, 5) is 0. The standard InChI is InChI=1S/C14H20N2O/c1-11-4-3-5-12(2)16(11)15-10-13-6-8-14(17)9-7-13/h6-12,17H,3-5H2,1-2H3. The molecule has 3 nitrogen and oxygen atoms in total. The first-order valence-electron chi connectivity index (χ1n) is 6.28. The zero-order chi connectivity index (χ0) is 12.3. The van der Waals surface area contributed by atoms with Crippen LogP contribution in [0.1, 0.15) is 38.7 Å². The lowest BCUT2D eigenvalue weighted by molar-refractivity contribution is 0.109. The van der Waals surface area contributed by atoms with E-state index in [0.717, 1.165) is 5.56 Å². The number of benzene rings is 1. The molecule has 0 bridgehead atoms. The van der Waals surface area contributed by atoms with Crippen molar-refractivity contribution in [2.24, 2.45) is 5.10 Å². The summed E-state index contributed by atoms with van der Waals surface area (Å²) in [6.07, 6.45) is 5.61. The minimum atomic E-state index is 0.293. The van der Waals surface area contributed by atoms with Gasteiger partial charge in [0, 0.05) is 12.1 Å². The van der Waals surface area contributed by atoms with Crippen molar-refractivity contribution in [1.82, 2.24) is 5.01 Å². The second-order valence-electron chi connectivity index (χ2n) is 4.85. The second kappa shape index (κ2) is 5.21. The highest BCUT2D eigenvalue weighted by atomic mass is 16.3. The first kappa shape index (κ1) is 12.0.